The van der Waals surface area contributed by atoms with Crippen molar-refractivity contribution in [1.29, 1.82) is 0 Å². The Morgan fingerprint density at radius 3 is 2.67 bits per heavy atom. The summed E-state index contributed by atoms with van der Waals surface area (Å²) in [5.41, 5.74) is 0.830. The van der Waals surface area contributed by atoms with Crippen LogP contribution in [0.2, 0.25) is 0 Å². The van der Waals surface area contributed by atoms with Gasteiger partial charge in [0, 0.05) is 13.1 Å². The van der Waals surface area contributed by atoms with E-state index in [0.29, 0.717) is 31.2 Å². The lowest BCUT2D eigenvalue weighted by Crippen LogP contribution is -2.24. The molecule has 2 N–H and O–H groups in total. The first-order chi connectivity index (χ1) is 8.44. The van der Waals surface area contributed by atoms with Crippen molar-refractivity contribution in [2.75, 3.05) is 31.8 Å². The van der Waals surface area contributed by atoms with E-state index in [1.807, 2.05) is 6.92 Å². The molecule has 0 aliphatic heterocycles. The monoisotopic (exact) mass is 274 g/mol. The summed E-state index contributed by atoms with van der Waals surface area (Å²) in [4.78, 5) is 8.06. The van der Waals surface area contributed by atoms with Crippen molar-refractivity contribution in [3.05, 3.63) is 11.9 Å². The molecule has 7 nitrogen and oxygen atoms in total. The highest BCUT2D eigenvalue weighted by Crippen LogP contribution is 2.19. The Bertz CT molecular complexity index is 490. The van der Waals surface area contributed by atoms with E-state index >= 15 is 0 Å². The molecule has 8 heteroatoms. The number of methoxy groups -OCH3 is 1. The predicted octanol–water partition coefficient (Wildman–Crippen LogP) is 0.145. The van der Waals surface area contributed by atoms with Crippen LogP contribution in [0.1, 0.15) is 12.0 Å². The van der Waals surface area contributed by atoms with E-state index in [-0.39, 0.29) is 0 Å². The molecule has 0 saturated heterocycles. The second-order valence-corrected chi connectivity index (χ2v) is 5.64. The molecule has 102 valence electrons. The third-order valence-corrected chi connectivity index (χ3v) is 2.97. The Balaban J connectivity index is 2.40. The average Bonchev–Trinajstić information content (AvgIpc) is 2.29. The Morgan fingerprint density at radius 2 is 2.06 bits per heavy atom. The van der Waals surface area contributed by atoms with E-state index in [1.165, 1.54) is 6.33 Å². The van der Waals surface area contributed by atoms with Crippen molar-refractivity contribution in [3.63, 3.8) is 0 Å². The van der Waals surface area contributed by atoms with E-state index in [1.54, 1.807) is 7.11 Å². The molecule has 1 rings (SSSR count). The first-order valence-electron chi connectivity index (χ1n) is 5.48. The molecule has 18 heavy (non-hydrogen) atoms. The van der Waals surface area contributed by atoms with E-state index < -0.39 is 10.0 Å². The summed E-state index contributed by atoms with van der Waals surface area (Å²) in [6.45, 7) is 2.87. The Hall–Kier alpha value is -1.41. The largest absolute Gasteiger partial charge is 0.481 e. The molecule has 0 bridgehead atoms. The first kappa shape index (κ1) is 14.7. The van der Waals surface area contributed by atoms with Crippen LogP contribution in [0, 0.1) is 6.92 Å². The molecule has 0 atom stereocenters. The van der Waals surface area contributed by atoms with Crippen molar-refractivity contribution in [2.24, 2.45) is 0 Å². The molecule has 0 aliphatic rings. The topological polar surface area (TPSA) is 93.2 Å². The van der Waals surface area contributed by atoms with Crippen molar-refractivity contribution in [1.82, 2.24) is 14.7 Å². The summed E-state index contributed by atoms with van der Waals surface area (Å²) in [6.07, 6.45) is 3.22. The molecule has 0 amide bonds. The van der Waals surface area contributed by atoms with Gasteiger partial charge < -0.3 is 10.1 Å². The molecule has 0 saturated carbocycles. The molecule has 1 heterocycles. The number of sulfonamides is 1. The quantitative estimate of drug-likeness (QED) is 0.687. The molecular formula is C10H18N4O3S. The highest BCUT2D eigenvalue weighted by molar-refractivity contribution is 7.88. The first-order valence-corrected chi connectivity index (χ1v) is 7.37. The molecule has 0 spiro atoms. The van der Waals surface area contributed by atoms with Crippen LogP contribution in [0.5, 0.6) is 5.88 Å². The van der Waals surface area contributed by atoms with Crippen LogP contribution in [0.4, 0.5) is 5.82 Å². The van der Waals surface area contributed by atoms with Gasteiger partial charge in [-0.05, 0) is 13.3 Å². The zero-order valence-corrected chi connectivity index (χ0v) is 11.5. The minimum absolute atomic E-state index is 0.396. The molecule has 0 radical (unpaired) electrons. The molecule has 1 aromatic rings. The van der Waals surface area contributed by atoms with Crippen molar-refractivity contribution in [2.45, 2.75) is 13.3 Å². The van der Waals surface area contributed by atoms with E-state index in [4.69, 9.17) is 4.74 Å². The Kier molecular flexibility index (Phi) is 5.29. The van der Waals surface area contributed by atoms with Crippen LogP contribution in [0.3, 0.4) is 0 Å². The number of hydrogen-bond acceptors (Lipinski definition) is 6. The number of nitrogens with one attached hydrogen (secondary N) is 2. The minimum atomic E-state index is -3.11. The van der Waals surface area contributed by atoms with Gasteiger partial charge in [-0.1, -0.05) is 0 Å². The van der Waals surface area contributed by atoms with Crippen molar-refractivity contribution < 1.29 is 13.2 Å². The highest BCUT2D eigenvalue weighted by atomic mass is 32.2. The maximum atomic E-state index is 10.8. The summed E-state index contributed by atoms with van der Waals surface area (Å²) in [6, 6.07) is 0. The normalized spacial score (nSPS) is 11.3. The van der Waals surface area contributed by atoms with E-state index in [0.717, 1.165) is 11.8 Å². The fourth-order valence-corrected chi connectivity index (χ4v) is 1.89. The average molecular weight is 274 g/mol. The van der Waals surface area contributed by atoms with Crippen LogP contribution >= 0.6 is 0 Å². The number of ether oxygens (including phenoxy) is 1. The van der Waals surface area contributed by atoms with Crippen LogP contribution < -0.4 is 14.8 Å². The third-order valence-electron chi connectivity index (χ3n) is 2.24. The Labute approximate surface area is 107 Å². The van der Waals surface area contributed by atoms with E-state index in [9.17, 15) is 8.42 Å². The van der Waals surface area contributed by atoms with Gasteiger partial charge in [0.25, 0.3) is 0 Å². The van der Waals surface area contributed by atoms with Gasteiger partial charge in [-0.3, -0.25) is 0 Å². The van der Waals surface area contributed by atoms with Crippen LogP contribution in [-0.4, -0.2) is 44.8 Å². The smallest absolute Gasteiger partial charge is 0.221 e. The molecule has 0 fully saturated rings. The molecule has 0 unspecified atom stereocenters. The molecule has 0 aliphatic carbocycles. The van der Waals surface area contributed by atoms with Gasteiger partial charge in [-0.2, -0.15) is 0 Å². The zero-order valence-electron chi connectivity index (χ0n) is 10.7. The Morgan fingerprint density at radius 1 is 1.33 bits per heavy atom. The fourth-order valence-electron chi connectivity index (χ4n) is 1.37. The second-order valence-electron chi connectivity index (χ2n) is 3.80. The maximum absolute atomic E-state index is 10.8. The van der Waals surface area contributed by atoms with Crippen LogP contribution in [0.25, 0.3) is 0 Å². The number of aromatic nitrogens is 2. The summed E-state index contributed by atoms with van der Waals surface area (Å²) in [5.74, 6) is 1.22. The van der Waals surface area contributed by atoms with Crippen LogP contribution in [-0.2, 0) is 10.0 Å². The van der Waals surface area contributed by atoms with Gasteiger partial charge >= 0.3 is 0 Å². The van der Waals surface area contributed by atoms with E-state index in [2.05, 4.69) is 20.0 Å². The van der Waals surface area contributed by atoms with Gasteiger partial charge in [-0.15, -0.1) is 0 Å². The number of hydrogen-bond donors (Lipinski definition) is 2. The number of rotatable bonds is 7. The van der Waals surface area contributed by atoms with Crippen molar-refractivity contribution >= 4 is 15.8 Å². The van der Waals surface area contributed by atoms with Gasteiger partial charge in [0.1, 0.15) is 12.1 Å². The number of anilines is 1. The molecule has 0 aromatic carbocycles. The lowest BCUT2D eigenvalue weighted by Gasteiger charge is -2.10. The summed E-state index contributed by atoms with van der Waals surface area (Å²) in [7, 11) is -1.56. The predicted molar refractivity (Wildman–Crippen MR) is 69.3 cm³/mol. The van der Waals surface area contributed by atoms with Crippen LogP contribution in [0.15, 0.2) is 6.33 Å². The highest BCUT2D eigenvalue weighted by Gasteiger charge is 2.06. The summed E-state index contributed by atoms with van der Waals surface area (Å²) < 4.78 is 29.2. The van der Waals surface area contributed by atoms with Gasteiger partial charge in [0.15, 0.2) is 0 Å². The standard InChI is InChI=1S/C10H18N4O3S/c1-8-9(12-7-13-10(8)17-2)11-5-4-6-14-18(3,15)16/h7,14H,4-6H2,1-3H3,(H,11,12,13). The lowest BCUT2D eigenvalue weighted by molar-refractivity contribution is 0.393. The number of nitrogens with zero attached hydrogens (tertiary/aromatic N) is 2. The third kappa shape index (κ3) is 4.84. The van der Waals surface area contributed by atoms with Gasteiger partial charge in [-0.25, -0.2) is 23.1 Å². The summed E-state index contributed by atoms with van der Waals surface area (Å²) >= 11 is 0. The zero-order chi connectivity index (χ0) is 13.6. The fraction of sp³-hybridized carbons (Fsp3) is 0.600. The second kappa shape index (κ2) is 6.50. The minimum Gasteiger partial charge on any atom is -0.481 e. The SMILES string of the molecule is COc1ncnc(NCCCNS(C)(=O)=O)c1C. The lowest BCUT2D eigenvalue weighted by atomic mass is 10.3. The summed E-state index contributed by atoms with van der Waals surface area (Å²) in [5, 5.41) is 3.11. The molecule has 1 aromatic heterocycles. The molecular weight excluding hydrogens is 256 g/mol. The van der Waals surface area contributed by atoms with Gasteiger partial charge in [0.05, 0.1) is 18.9 Å². The van der Waals surface area contributed by atoms with Crippen molar-refractivity contribution in [3.8, 4) is 5.88 Å². The van der Waals surface area contributed by atoms with Gasteiger partial charge in [0.2, 0.25) is 15.9 Å². The maximum Gasteiger partial charge on any atom is 0.221 e.